The molecule has 1 aromatic carbocycles. The highest BCUT2D eigenvalue weighted by molar-refractivity contribution is 7.89. The molecular formula is C20H28N2O4S. The molecule has 1 atom stereocenters. The van der Waals surface area contributed by atoms with E-state index in [9.17, 15) is 13.2 Å². The maximum Gasteiger partial charge on any atom is 0.255 e. The smallest absolute Gasteiger partial charge is 0.255 e. The third-order valence-corrected chi connectivity index (χ3v) is 6.14. The molecule has 2 aromatic rings. The molecule has 0 aliphatic rings. The average Bonchev–Trinajstić information content (AvgIpc) is 2.57. The number of hydrogen-bond donors (Lipinski definition) is 2. The van der Waals surface area contributed by atoms with Crippen molar-refractivity contribution < 1.29 is 13.2 Å². The minimum Gasteiger partial charge on any atom is -0.496 e. The molecule has 2 rings (SSSR count). The molecule has 27 heavy (non-hydrogen) atoms. The van der Waals surface area contributed by atoms with Gasteiger partial charge in [-0.2, -0.15) is 0 Å². The Kier molecular flexibility index (Phi) is 6.17. The van der Waals surface area contributed by atoms with Crippen molar-refractivity contribution in [1.29, 1.82) is 0 Å². The number of ether oxygens (including phenoxy) is 1. The minimum atomic E-state index is -3.71. The van der Waals surface area contributed by atoms with Gasteiger partial charge in [0.05, 0.1) is 12.4 Å². The van der Waals surface area contributed by atoms with Gasteiger partial charge in [-0.25, -0.2) is 13.6 Å². The van der Waals surface area contributed by atoms with E-state index >= 15 is 0 Å². The van der Waals surface area contributed by atoms with E-state index in [1.807, 2.05) is 12.1 Å². The highest BCUT2D eigenvalue weighted by Gasteiger charge is 2.26. The molecule has 0 amide bonds. The number of H-pyrrole nitrogens is 1. The van der Waals surface area contributed by atoms with E-state index in [1.54, 1.807) is 32.4 Å². The summed E-state index contributed by atoms with van der Waals surface area (Å²) in [5.74, 6) is 0.665. The fraction of sp³-hybridized carbons (Fsp3) is 0.450. The largest absolute Gasteiger partial charge is 0.496 e. The van der Waals surface area contributed by atoms with Crippen LogP contribution in [0.15, 0.2) is 35.3 Å². The first-order chi connectivity index (χ1) is 12.5. The van der Waals surface area contributed by atoms with Crippen LogP contribution in [0.3, 0.4) is 0 Å². The van der Waals surface area contributed by atoms with Crippen LogP contribution in [-0.4, -0.2) is 25.8 Å². The maximum atomic E-state index is 12.4. The maximum absolute atomic E-state index is 12.4. The van der Waals surface area contributed by atoms with Crippen LogP contribution >= 0.6 is 0 Å². The summed E-state index contributed by atoms with van der Waals surface area (Å²) in [6, 6.07) is 7.23. The molecule has 0 saturated carbocycles. The van der Waals surface area contributed by atoms with E-state index in [1.165, 1.54) is 0 Å². The highest BCUT2D eigenvalue weighted by atomic mass is 32.2. The second-order valence-electron chi connectivity index (χ2n) is 7.70. The van der Waals surface area contributed by atoms with Gasteiger partial charge in [-0.1, -0.05) is 27.7 Å². The van der Waals surface area contributed by atoms with Gasteiger partial charge in [-0.3, -0.25) is 4.79 Å². The molecule has 1 heterocycles. The van der Waals surface area contributed by atoms with Gasteiger partial charge in [0.2, 0.25) is 10.0 Å². The number of nitrogens with one attached hydrogen (secondary N) is 1. The second-order valence-corrected chi connectivity index (χ2v) is 9.54. The SMILES string of the molecule is CCC(Cc1cc(OC)c(C(C)(C)C)cc1-c1ccc[nH]c1=O)S(N)(=O)=O. The predicted molar refractivity (Wildman–Crippen MR) is 109 cm³/mol. The van der Waals surface area contributed by atoms with Gasteiger partial charge < -0.3 is 9.72 Å². The van der Waals surface area contributed by atoms with Crippen molar-refractivity contribution in [3.05, 3.63) is 51.9 Å². The van der Waals surface area contributed by atoms with Crippen LogP contribution in [0.1, 0.15) is 45.2 Å². The third kappa shape index (κ3) is 4.78. The van der Waals surface area contributed by atoms with Crippen LogP contribution in [-0.2, 0) is 21.9 Å². The predicted octanol–water partition coefficient (Wildman–Crippen LogP) is 2.96. The normalized spacial score (nSPS) is 13.4. The quantitative estimate of drug-likeness (QED) is 0.789. The Bertz CT molecular complexity index is 972. The molecule has 148 valence electrons. The third-order valence-electron chi connectivity index (χ3n) is 4.71. The molecule has 0 spiro atoms. The number of sulfonamides is 1. The van der Waals surface area contributed by atoms with Gasteiger partial charge in [0.1, 0.15) is 5.75 Å². The second kappa shape index (κ2) is 7.86. The molecular weight excluding hydrogens is 364 g/mol. The molecule has 1 unspecified atom stereocenters. The van der Waals surface area contributed by atoms with Crippen molar-refractivity contribution in [3.8, 4) is 16.9 Å². The van der Waals surface area contributed by atoms with Crippen LogP contribution in [0, 0.1) is 0 Å². The van der Waals surface area contributed by atoms with Gasteiger partial charge >= 0.3 is 0 Å². The van der Waals surface area contributed by atoms with Crippen molar-refractivity contribution in [2.45, 2.75) is 51.2 Å². The number of aromatic amines is 1. The molecule has 6 nitrogen and oxygen atoms in total. The number of benzene rings is 1. The lowest BCUT2D eigenvalue weighted by atomic mass is 9.82. The van der Waals surface area contributed by atoms with Crippen molar-refractivity contribution in [2.75, 3.05) is 7.11 Å². The number of pyridine rings is 1. The van der Waals surface area contributed by atoms with Crippen LogP contribution in [0.2, 0.25) is 0 Å². The minimum absolute atomic E-state index is 0.208. The lowest BCUT2D eigenvalue weighted by Gasteiger charge is -2.25. The van der Waals surface area contributed by atoms with Crippen LogP contribution in [0.25, 0.3) is 11.1 Å². The summed E-state index contributed by atoms with van der Waals surface area (Å²) in [6.07, 6.45) is 2.16. The van der Waals surface area contributed by atoms with Gasteiger partial charge in [0.15, 0.2) is 0 Å². The molecule has 0 fully saturated rings. The lowest BCUT2D eigenvalue weighted by Crippen LogP contribution is -2.30. The Labute approximate surface area is 160 Å². The first-order valence-electron chi connectivity index (χ1n) is 8.90. The molecule has 0 aliphatic carbocycles. The van der Waals surface area contributed by atoms with Crippen molar-refractivity contribution in [3.63, 3.8) is 0 Å². The van der Waals surface area contributed by atoms with Gasteiger partial charge in [0.25, 0.3) is 5.56 Å². The summed E-state index contributed by atoms with van der Waals surface area (Å²) >= 11 is 0. The van der Waals surface area contributed by atoms with E-state index in [4.69, 9.17) is 9.88 Å². The first kappa shape index (κ1) is 21.2. The zero-order chi connectivity index (χ0) is 20.4. The fourth-order valence-corrected chi connectivity index (χ4v) is 4.04. The zero-order valence-corrected chi connectivity index (χ0v) is 17.3. The van der Waals surface area contributed by atoms with Gasteiger partial charge in [0, 0.05) is 17.3 Å². The lowest BCUT2D eigenvalue weighted by molar-refractivity contribution is 0.397. The number of rotatable bonds is 6. The summed E-state index contributed by atoms with van der Waals surface area (Å²) in [7, 11) is -2.12. The summed E-state index contributed by atoms with van der Waals surface area (Å²) in [6.45, 7) is 7.96. The van der Waals surface area contributed by atoms with Gasteiger partial charge in [-0.05, 0) is 53.6 Å². The molecule has 3 N–H and O–H groups in total. The van der Waals surface area contributed by atoms with E-state index in [-0.39, 0.29) is 17.4 Å². The van der Waals surface area contributed by atoms with Crippen LogP contribution < -0.4 is 15.4 Å². The molecule has 0 radical (unpaired) electrons. The molecule has 0 bridgehead atoms. The number of nitrogens with two attached hydrogens (primary N) is 1. The topological polar surface area (TPSA) is 102 Å². The van der Waals surface area contributed by atoms with E-state index < -0.39 is 15.3 Å². The molecule has 1 aromatic heterocycles. The molecule has 0 saturated heterocycles. The van der Waals surface area contributed by atoms with Crippen molar-refractivity contribution in [1.82, 2.24) is 4.98 Å². The zero-order valence-electron chi connectivity index (χ0n) is 16.5. The average molecular weight is 393 g/mol. The molecule has 7 heteroatoms. The number of hydrogen-bond acceptors (Lipinski definition) is 4. The van der Waals surface area contributed by atoms with Gasteiger partial charge in [-0.15, -0.1) is 0 Å². The standard InChI is InChI=1S/C20H28N2O4S/c1-6-14(27(21,24)25)10-13-11-18(26-5)17(20(2,3)4)12-16(13)15-8-7-9-22-19(15)23/h7-9,11-12,14H,6,10H2,1-5H3,(H,22,23)(H2,21,24,25). The fourth-order valence-electron chi connectivity index (χ4n) is 3.17. The Hall–Kier alpha value is -2.12. The van der Waals surface area contributed by atoms with Crippen molar-refractivity contribution >= 4 is 10.0 Å². The van der Waals surface area contributed by atoms with Crippen LogP contribution in [0.5, 0.6) is 5.75 Å². The van der Waals surface area contributed by atoms with Crippen LogP contribution in [0.4, 0.5) is 0 Å². The van der Waals surface area contributed by atoms with E-state index in [0.29, 0.717) is 23.3 Å². The van der Waals surface area contributed by atoms with E-state index in [2.05, 4.69) is 25.8 Å². The van der Waals surface area contributed by atoms with E-state index in [0.717, 1.165) is 11.1 Å². The number of methoxy groups -OCH3 is 1. The monoisotopic (exact) mass is 392 g/mol. The summed E-state index contributed by atoms with van der Waals surface area (Å²) in [4.78, 5) is 15.1. The summed E-state index contributed by atoms with van der Waals surface area (Å²) in [5, 5.41) is 4.67. The Morgan fingerprint density at radius 1 is 1.22 bits per heavy atom. The Morgan fingerprint density at radius 2 is 1.89 bits per heavy atom. The Balaban J connectivity index is 2.78. The summed E-state index contributed by atoms with van der Waals surface area (Å²) in [5.41, 5.74) is 2.40. The Morgan fingerprint density at radius 3 is 2.37 bits per heavy atom. The first-order valence-corrected chi connectivity index (χ1v) is 10.5. The summed E-state index contributed by atoms with van der Waals surface area (Å²) < 4.78 is 29.4. The number of primary sulfonamides is 1. The highest BCUT2D eigenvalue weighted by Crippen LogP contribution is 2.37. The van der Waals surface area contributed by atoms with Crippen molar-refractivity contribution in [2.24, 2.45) is 5.14 Å². The number of aromatic nitrogens is 1. The molecule has 0 aliphatic heterocycles.